The monoisotopic (exact) mass is 497 g/mol. The molecule has 3 aromatic heterocycles. The highest BCUT2D eigenvalue weighted by Gasteiger charge is 2.22. The fourth-order valence-corrected chi connectivity index (χ4v) is 5.06. The topological polar surface area (TPSA) is 118 Å². The molecule has 0 aliphatic heterocycles. The van der Waals surface area contributed by atoms with Crippen LogP contribution in [0.5, 0.6) is 5.75 Å². The number of para-hydroxylation sites is 1. The molecule has 0 aliphatic carbocycles. The largest absolute Gasteiger partial charge is 0.491 e. The second-order valence-corrected chi connectivity index (χ2v) is 8.97. The van der Waals surface area contributed by atoms with Gasteiger partial charge in [-0.15, -0.1) is 11.3 Å². The van der Waals surface area contributed by atoms with Crippen molar-refractivity contribution in [2.24, 2.45) is 0 Å². The van der Waals surface area contributed by atoms with Crippen molar-refractivity contribution in [1.82, 2.24) is 14.9 Å². The number of nitrogens with zero attached hydrogens (tertiary/aromatic N) is 2. The van der Waals surface area contributed by atoms with Crippen molar-refractivity contribution in [2.45, 2.75) is 32.5 Å². The molecule has 184 valence electrons. The summed E-state index contributed by atoms with van der Waals surface area (Å²) in [5.74, 6) is 1.32. The number of hydrogen-bond acceptors (Lipinski definition) is 9. The Bertz CT molecular complexity index is 1320. The number of nitrogens with one attached hydrogen (secondary N) is 1. The maximum atomic E-state index is 12.9. The Morgan fingerprint density at radius 1 is 1.23 bits per heavy atom. The van der Waals surface area contributed by atoms with Crippen LogP contribution in [0.2, 0.25) is 0 Å². The van der Waals surface area contributed by atoms with E-state index in [9.17, 15) is 14.7 Å². The number of fused-ring (bicyclic) bond motifs is 1. The van der Waals surface area contributed by atoms with Crippen LogP contribution in [0.4, 0.5) is 0 Å². The van der Waals surface area contributed by atoms with Crippen LogP contribution in [0, 0.1) is 0 Å². The molecular formula is C25H27N3O6S. The summed E-state index contributed by atoms with van der Waals surface area (Å²) in [6.45, 7) is 2.89. The highest BCUT2D eigenvalue weighted by molar-refractivity contribution is 7.20. The smallest absolute Gasteiger partial charge is 0.348 e. The second kappa shape index (κ2) is 11.3. The third-order valence-corrected chi connectivity index (χ3v) is 6.53. The van der Waals surface area contributed by atoms with E-state index in [1.165, 1.54) is 7.11 Å². The number of thiophene rings is 1. The first-order chi connectivity index (χ1) is 17.0. The number of aliphatic hydroxyl groups excluding tert-OH is 1. The molecule has 35 heavy (non-hydrogen) atoms. The lowest BCUT2D eigenvalue weighted by Crippen LogP contribution is -2.35. The van der Waals surface area contributed by atoms with Gasteiger partial charge in [0.15, 0.2) is 0 Å². The van der Waals surface area contributed by atoms with Crippen LogP contribution in [0.25, 0.3) is 10.2 Å². The lowest BCUT2D eigenvalue weighted by molar-refractivity contribution is 0.0594. The number of H-pyrrole nitrogens is 1. The standard InChI is InChI=1S/C25H27N3O6S/c1-3-19-21-23(30)26-20(27-24(21)35-22(19)25(31)32-2)14-28(13-18-10-7-11-33-18)12-16(29)15-34-17-8-5-4-6-9-17/h4-11,16,29H,3,12-15H2,1-2H3,(H,26,27,30)/t16-/m1/s1. The van der Waals surface area contributed by atoms with Crippen LogP contribution in [-0.2, 0) is 24.2 Å². The first-order valence-electron chi connectivity index (χ1n) is 11.2. The Morgan fingerprint density at radius 3 is 2.71 bits per heavy atom. The Labute approximate surface area is 205 Å². The molecule has 0 bridgehead atoms. The number of benzene rings is 1. The summed E-state index contributed by atoms with van der Waals surface area (Å²) in [5.41, 5.74) is 0.331. The predicted molar refractivity (Wildman–Crippen MR) is 132 cm³/mol. The number of furan rings is 1. The van der Waals surface area contributed by atoms with Gasteiger partial charge in [-0.05, 0) is 36.2 Å². The lowest BCUT2D eigenvalue weighted by atomic mass is 10.1. The molecule has 9 nitrogen and oxygen atoms in total. The van der Waals surface area contributed by atoms with E-state index in [4.69, 9.17) is 13.9 Å². The molecule has 4 aromatic rings. The van der Waals surface area contributed by atoms with Gasteiger partial charge in [0.2, 0.25) is 0 Å². The minimum absolute atomic E-state index is 0.106. The van der Waals surface area contributed by atoms with E-state index < -0.39 is 12.1 Å². The summed E-state index contributed by atoms with van der Waals surface area (Å²) in [5, 5.41) is 11.0. The van der Waals surface area contributed by atoms with Crippen LogP contribution < -0.4 is 10.3 Å². The van der Waals surface area contributed by atoms with Crippen molar-refractivity contribution in [3.63, 3.8) is 0 Å². The molecule has 10 heteroatoms. The molecule has 1 atom stereocenters. The number of ether oxygens (including phenoxy) is 2. The fourth-order valence-electron chi connectivity index (χ4n) is 3.86. The number of aryl methyl sites for hydroxylation is 1. The summed E-state index contributed by atoms with van der Waals surface area (Å²) in [6, 6.07) is 12.9. The summed E-state index contributed by atoms with van der Waals surface area (Å²) < 4.78 is 16.0. The van der Waals surface area contributed by atoms with Gasteiger partial charge in [-0.25, -0.2) is 9.78 Å². The molecule has 0 amide bonds. The quantitative estimate of drug-likeness (QED) is 0.303. The number of methoxy groups -OCH3 is 1. The molecule has 0 saturated heterocycles. The third kappa shape index (κ3) is 5.97. The fraction of sp³-hybridized carbons (Fsp3) is 0.320. The average molecular weight is 498 g/mol. The molecule has 0 saturated carbocycles. The highest BCUT2D eigenvalue weighted by atomic mass is 32.1. The van der Waals surface area contributed by atoms with Gasteiger partial charge < -0.3 is 24.0 Å². The first-order valence-corrected chi connectivity index (χ1v) is 12.0. The van der Waals surface area contributed by atoms with Gasteiger partial charge in [-0.1, -0.05) is 25.1 Å². The van der Waals surface area contributed by atoms with Gasteiger partial charge in [0.25, 0.3) is 5.56 Å². The van der Waals surface area contributed by atoms with Crippen molar-refractivity contribution in [1.29, 1.82) is 0 Å². The molecule has 0 spiro atoms. The van der Waals surface area contributed by atoms with Gasteiger partial charge in [0.05, 0.1) is 31.8 Å². The van der Waals surface area contributed by atoms with E-state index in [1.54, 1.807) is 12.3 Å². The Balaban J connectivity index is 1.55. The number of rotatable bonds is 11. The van der Waals surface area contributed by atoms with Gasteiger partial charge in [0, 0.05) is 6.54 Å². The first kappa shape index (κ1) is 24.6. The zero-order valence-electron chi connectivity index (χ0n) is 19.5. The van der Waals surface area contributed by atoms with E-state index in [0.29, 0.717) is 51.0 Å². The van der Waals surface area contributed by atoms with Crippen LogP contribution in [0.1, 0.15) is 33.7 Å². The van der Waals surface area contributed by atoms with E-state index in [-0.39, 0.29) is 25.3 Å². The molecule has 0 radical (unpaired) electrons. The van der Waals surface area contributed by atoms with Gasteiger partial charge in [0.1, 0.15) is 39.8 Å². The minimum atomic E-state index is -0.792. The van der Waals surface area contributed by atoms with Crippen molar-refractivity contribution in [2.75, 3.05) is 20.3 Å². The van der Waals surface area contributed by atoms with Crippen LogP contribution in [0.3, 0.4) is 0 Å². The van der Waals surface area contributed by atoms with Crippen LogP contribution >= 0.6 is 11.3 Å². The van der Waals surface area contributed by atoms with E-state index in [2.05, 4.69) is 9.97 Å². The molecule has 2 N–H and O–H groups in total. The number of aromatic amines is 1. The van der Waals surface area contributed by atoms with E-state index in [0.717, 1.165) is 11.3 Å². The van der Waals surface area contributed by atoms with Crippen molar-refractivity contribution in [3.8, 4) is 5.75 Å². The number of esters is 1. The summed E-state index contributed by atoms with van der Waals surface area (Å²) in [6.07, 6.45) is 1.30. The van der Waals surface area contributed by atoms with Crippen molar-refractivity contribution in [3.05, 3.63) is 81.1 Å². The second-order valence-electron chi connectivity index (χ2n) is 7.97. The number of hydrogen-bond donors (Lipinski definition) is 2. The molecule has 4 rings (SSSR count). The van der Waals surface area contributed by atoms with Gasteiger partial charge >= 0.3 is 5.97 Å². The van der Waals surface area contributed by atoms with Crippen LogP contribution in [0.15, 0.2) is 57.9 Å². The Morgan fingerprint density at radius 2 is 2.03 bits per heavy atom. The van der Waals surface area contributed by atoms with Crippen molar-refractivity contribution >= 4 is 27.5 Å². The SMILES string of the molecule is CCc1c(C(=O)OC)sc2nc(CN(Cc3ccco3)C[C@@H](O)COc3ccccc3)[nH]c(=O)c12. The molecule has 0 unspecified atom stereocenters. The maximum absolute atomic E-state index is 12.9. The number of aromatic nitrogens is 2. The maximum Gasteiger partial charge on any atom is 0.348 e. The molecule has 0 fully saturated rings. The number of carbonyl (C=O) groups is 1. The summed E-state index contributed by atoms with van der Waals surface area (Å²) in [7, 11) is 1.31. The van der Waals surface area contributed by atoms with Gasteiger partial charge in [-0.3, -0.25) is 9.69 Å². The summed E-state index contributed by atoms with van der Waals surface area (Å²) in [4.78, 5) is 35.4. The Hall–Kier alpha value is -3.47. The molecular weight excluding hydrogens is 470 g/mol. The summed E-state index contributed by atoms with van der Waals surface area (Å²) >= 11 is 1.15. The lowest BCUT2D eigenvalue weighted by Gasteiger charge is -2.24. The number of carbonyl (C=O) groups excluding carboxylic acids is 1. The molecule has 1 aromatic carbocycles. The highest BCUT2D eigenvalue weighted by Crippen LogP contribution is 2.29. The van der Waals surface area contributed by atoms with E-state index in [1.807, 2.05) is 48.2 Å². The van der Waals surface area contributed by atoms with E-state index >= 15 is 0 Å². The van der Waals surface area contributed by atoms with Crippen LogP contribution in [-0.4, -0.2) is 52.3 Å². The molecule has 3 heterocycles. The van der Waals surface area contributed by atoms with Crippen molar-refractivity contribution < 1.29 is 23.8 Å². The number of aliphatic hydroxyl groups is 1. The average Bonchev–Trinajstić information content (AvgIpc) is 3.50. The third-order valence-electron chi connectivity index (χ3n) is 5.42. The minimum Gasteiger partial charge on any atom is -0.491 e. The zero-order chi connectivity index (χ0) is 24.8. The Kier molecular flexibility index (Phi) is 7.96. The normalized spacial score (nSPS) is 12.2. The zero-order valence-corrected chi connectivity index (χ0v) is 20.3. The van der Waals surface area contributed by atoms with Gasteiger partial charge in [-0.2, -0.15) is 0 Å². The molecule has 0 aliphatic rings. The predicted octanol–water partition coefficient (Wildman–Crippen LogP) is 3.37.